The SMILES string of the molecule is CN(CCC(O)O)CCN(C)C(CC(=O)O)C(=O)OS.CN(CCCN(C)C(CC(=O)O)C(=O)OS)CCC(O)O.CN(CCCNC(CC(=O)O)C(=O)OS)CCC(O)O.CN(CCNC(CC(=O)O)C(=O)OS)CCC(O)O. The van der Waals surface area contributed by atoms with Gasteiger partial charge in [-0.3, -0.25) is 29.0 Å². The maximum atomic E-state index is 11.5. The van der Waals surface area contributed by atoms with Crippen LogP contribution in [0.2, 0.25) is 0 Å². The molecule has 472 valence electrons. The minimum atomic E-state index is -1.35. The zero-order chi connectivity index (χ0) is 62.5. The molecule has 4 atom stereocenters. The van der Waals surface area contributed by atoms with Gasteiger partial charge >= 0.3 is 47.8 Å². The number of thiol groups is 4. The largest absolute Gasteiger partial charge is 0.481 e. The number of carboxylic acids is 4. The van der Waals surface area contributed by atoms with Crippen LogP contribution in [-0.4, -0.2) is 309 Å². The summed E-state index contributed by atoms with van der Waals surface area (Å²) >= 11 is 13.5. The summed E-state index contributed by atoms with van der Waals surface area (Å²) < 4.78 is 17.0. The summed E-state index contributed by atoms with van der Waals surface area (Å²) in [5.41, 5.74) is 0. The molecular weight excluding hydrogens is 1150 g/mol. The number of nitrogens with zero attached hydrogens (tertiary/aromatic N) is 6. The highest BCUT2D eigenvalue weighted by Crippen LogP contribution is 2.09. The van der Waals surface area contributed by atoms with Crippen LogP contribution in [0.25, 0.3) is 0 Å². The molecule has 0 saturated carbocycles. The summed E-state index contributed by atoms with van der Waals surface area (Å²) in [5, 5.41) is 110. The second kappa shape index (κ2) is 51.2. The first-order valence-electron chi connectivity index (χ1n) is 24.6. The van der Waals surface area contributed by atoms with E-state index in [9.17, 15) is 38.4 Å². The van der Waals surface area contributed by atoms with E-state index in [0.717, 1.165) is 0 Å². The predicted molar refractivity (Wildman–Crippen MR) is 296 cm³/mol. The molecule has 0 aliphatic heterocycles. The Kier molecular flexibility index (Phi) is 53.1. The molecule has 4 unspecified atom stereocenters. The fraction of sp³-hybridized carbons (Fsp3) is 0.818. The van der Waals surface area contributed by atoms with Crippen LogP contribution >= 0.6 is 51.6 Å². The molecule has 0 radical (unpaired) electrons. The van der Waals surface area contributed by atoms with E-state index >= 15 is 0 Å². The molecule has 0 aromatic carbocycles. The van der Waals surface area contributed by atoms with E-state index in [4.69, 9.17) is 61.3 Å². The van der Waals surface area contributed by atoms with Crippen LogP contribution in [0, 0.1) is 0 Å². The average molecular weight is 1240 g/mol. The summed E-state index contributed by atoms with van der Waals surface area (Å²) in [6, 6.07) is -3.65. The van der Waals surface area contributed by atoms with Gasteiger partial charge in [-0.25, -0.2) is 19.2 Å². The molecule has 0 aliphatic rings. The fourth-order valence-electron chi connectivity index (χ4n) is 6.32. The number of carboxylic acid groups (broad SMARTS) is 4. The molecule has 36 heteroatoms. The van der Waals surface area contributed by atoms with Gasteiger partial charge in [0.05, 0.1) is 25.7 Å². The lowest BCUT2D eigenvalue weighted by Crippen LogP contribution is -2.43. The Morgan fingerprint density at radius 3 is 0.963 bits per heavy atom. The van der Waals surface area contributed by atoms with Crippen molar-refractivity contribution >= 4 is 99.4 Å². The number of aliphatic hydroxyl groups excluding tert-OH is 4. The highest BCUT2D eigenvalue weighted by Gasteiger charge is 2.29. The van der Waals surface area contributed by atoms with E-state index < -0.39 is 104 Å². The molecule has 0 saturated heterocycles. The highest BCUT2D eigenvalue weighted by molar-refractivity contribution is 7.76. The van der Waals surface area contributed by atoms with Crippen molar-refractivity contribution in [2.24, 2.45) is 0 Å². The Hall–Kier alpha value is -3.48. The second-order valence-electron chi connectivity index (χ2n) is 18.0. The predicted octanol–water partition coefficient (Wildman–Crippen LogP) is -4.78. The Morgan fingerprint density at radius 1 is 0.362 bits per heavy atom. The highest BCUT2D eigenvalue weighted by atomic mass is 32.1. The molecule has 0 heterocycles. The topological polar surface area (TPSA) is 460 Å². The lowest BCUT2D eigenvalue weighted by atomic mass is 10.2. The molecule has 0 amide bonds. The van der Waals surface area contributed by atoms with Gasteiger partial charge in [0.15, 0.2) is 25.2 Å². The quantitative estimate of drug-likeness (QED) is 0.00897. The molecule has 0 bridgehead atoms. The third-order valence-electron chi connectivity index (χ3n) is 11.0. The smallest absolute Gasteiger partial charge is 0.335 e. The van der Waals surface area contributed by atoms with Crippen LogP contribution in [0.1, 0.15) is 64.2 Å². The third kappa shape index (κ3) is 51.4. The Balaban J connectivity index is -0.000000482. The number of aliphatic carboxylic acids is 4. The number of rotatable bonds is 42. The summed E-state index contributed by atoms with van der Waals surface area (Å²) in [7, 11) is 10.5. The average Bonchev–Trinajstić information content (AvgIpc) is 3.38. The van der Waals surface area contributed by atoms with Crippen LogP contribution in [0.3, 0.4) is 0 Å². The normalized spacial score (nSPS) is 12.8. The van der Waals surface area contributed by atoms with Gasteiger partial charge in [-0.2, -0.15) is 0 Å². The van der Waals surface area contributed by atoms with Crippen molar-refractivity contribution < 1.29 is 116 Å². The number of carbonyl (C=O) groups is 8. The molecule has 0 rings (SSSR count). The van der Waals surface area contributed by atoms with Crippen molar-refractivity contribution in [2.45, 2.75) is 114 Å². The number of nitrogens with one attached hydrogen (secondary N) is 2. The molecular formula is C44H88N8O24S4. The Labute approximate surface area is 488 Å². The van der Waals surface area contributed by atoms with E-state index in [1.54, 1.807) is 38.0 Å². The van der Waals surface area contributed by atoms with E-state index in [1.807, 2.05) is 33.7 Å². The van der Waals surface area contributed by atoms with Crippen LogP contribution in [0.4, 0.5) is 0 Å². The Bertz CT molecular complexity index is 1710. The number of aliphatic hydroxyl groups is 8. The van der Waals surface area contributed by atoms with Crippen LogP contribution in [-0.2, 0) is 55.1 Å². The molecule has 0 fully saturated rings. The minimum Gasteiger partial charge on any atom is -0.481 e. The van der Waals surface area contributed by atoms with Gasteiger partial charge in [-0.05, 0) is 81.3 Å². The van der Waals surface area contributed by atoms with Crippen molar-refractivity contribution in [3.05, 3.63) is 0 Å². The van der Waals surface area contributed by atoms with E-state index in [1.165, 1.54) is 0 Å². The second-order valence-corrected chi connectivity index (χ2v) is 18.8. The van der Waals surface area contributed by atoms with Gasteiger partial charge in [0, 0.05) is 130 Å². The number of hydrogen-bond acceptors (Lipinski definition) is 32. The number of hydrogen-bond donors (Lipinski definition) is 18. The fourth-order valence-corrected chi connectivity index (χ4v) is 6.82. The maximum absolute atomic E-state index is 11.5. The number of carbonyl (C=O) groups excluding carboxylic acids is 4. The van der Waals surface area contributed by atoms with Gasteiger partial charge in [0.25, 0.3) is 0 Å². The van der Waals surface area contributed by atoms with Gasteiger partial charge in [-0.15, -0.1) is 0 Å². The lowest BCUT2D eigenvalue weighted by Gasteiger charge is -2.26. The van der Waals surface area contributed by atoms with Crippen molar-refractivity contribution in [1.29, 1.82) is 0 Å². The zero-order valence-corrected chi connectivity index (χ0v) is 49.5. The summed E-state index contributed by atoms with van der Waals surface area (Å²) in [6.07, 6.45) is -4.48. The van der Waals surface area contributed by atoms with E-state index in [2.05, 4.69) is 79.0 Å². The van der Waals surface area contributed by atoms with Gasteiger partial charge < -0.3 is 108 Å². The molecule has 80 heavy (non-hydrogen) atoms. The molecule has 0 aliphatic carbocycles. The standard InChI is InChI=1S/C12H24N2O6S.2C11H22N2O6S.C10H20N2O6S/c1-13(7-4-10(15)16)5-3-6-14(2)9(8-11(17)18)12(19)20-21;1-12(4-3-9(14)15)5-6-13(2)8(7-10(16)17)11(18)19-20;1-13(6-3-9(14)15)5-2-4-12-8(7-10(16)17)11(18)19-20;1-12(4-2-8(13)14)5-3-11-7(6-9(15)16)10(17)18-19/h9-10,15-16,21H,3-8H2,1-2H3,(H,17,18);8-9,14-15,20H,3-7H2,1-2H3,(H,16,17);8-9,12,14-15,20H,2-7H2,1H3,(H,16,17);7-8,11,13-14,19H,2-6H2,1H3,(H,15,16). The van der Waals surface area contributed by atoms with Gasteiger partial charge in [-0.1, -0.05) is 0 Å². The molecule has 14 N–H and O–H groups in total. The van der Waals surface area contributed by atoms with Crippen LogP contribution in [0.15, 0.2) is 0 Å². The maximum Gasteiger partial charge on any atom is 0.335 e. The van der Waals surface area contributed by atoms with Crippen LogP contribution in [0.5, 0.6) is 0 Å². The minimum absolute atomic E-state index is 0.216. The molecule has 32 nitrogen and oxygen atoms in total. The van der Waals surface area contributed by atoms with Gasteiger partial charge in [0.1, 0.15) is 24.2 Å². The van der Waals surface area contributed by atoms with E-state index in [-0.39, 0.29) is 44.9 Å². The first kappa shape index (κ1) is 83.0. The molecule has 0 spiro atoms. The number of likely N-dealkylation sites (N-methyl/N-ethyl adjacent to an activating group) is 4. The van der Waals surface area contributed by atoms with Crippen molar-refractivity contribution in [3.8, 4) is 0 Å². The van der Waals surface area contributed by atoms with E-state index in [0.29, 0.717) is 91.4 Å². The molecule has 0 aromatic rings. The molecule has 0 aromatic heterocycles. The first-order valence-corrected chi connectivity index (χ1v) is 26.1. The van der Waals surface area contributed by atoms with Crippen molar-refractivity contribution in [3.63, 3.8) is 0 Å². The summed E-state index contributed by atoms with van der Waals surface area (Å²) in [5.74, 6) is -7.29. The zero-order valence-electron chi connectivity index (χ0n) is 45.9. The van der Waals surface area contributed by atoms with Gasteiger partial charge in [0.2, 0.25) is 0 Å². The third-order valence-corrected chi connectivity index (χ3v) is 11.7. The lowest BCUT2D eigenvalue weighted by molar-refractivity contribution is -0.146. The van der Waals surface area contributed by atoms with Crippen molar-refractivity contribution in [2.75, 3.05) is 121 Å². The summed E-state index contributed by atoms with van der Waals surface area (Å²) in [4.78, 5) is 98.8. The first-order chi connectivity index (χ1) is 37.3. The summed E-state index contributed by atoms with van der Waals surface area (Å²) in [6.45, 7) is 6.18. The Morgan fingerprint density at radius 2 is 0.650 bits per heavy atom. The van der Waals surface area contributed by atoms with Crippen LogP contribution < -0.4 is 10.6 Å². The van der Waals surface area contributed by atoms with Crippen molar-refractivity contribution in [1.82, 2.24) is 40.0 Å². The monoisotopic (exact) mass is 1240 g/mol.